The fourth-order valence-electron chi connectivity index (χ4n) is 4.18. The first-order valence-corrected chi connectivity index (χ1v) is 13.1. The number of hydrogen-bond acceptors (Lipinski definition) is 9. The smallest absolute Gasteiger partial charge is 0.259 e. The average Bonchev–Trinajstić information content (AvgIpc) is 3.46. The molecule has 4 heterocycles. The molecule has 1 aliphatic carbocycles. The van der Waals surface area contributed by atoms with E-state index in [2.05, 4.69) is 39.8 Å². The highest BCUT2D eigenvalue weighted by molar-refractivity contribution is 7.29. The minimum absolute atomic E-state index is 0.127. The predicted molar refractivity (Wildman–Crippen MR) is 131 cm³/mol. The normalized spacial score (nSPS) is 14.4. The largest absolute Gasteiger partial charge is 0.349 e. The molecule has 5 rings (SSSR count). The third-order valence-corrected chi connectivity index (χ3v) is 9.28. The number of nitriles is 1. The van der Waals surface area contributed by atoms with Gasteiger partial charge in [0, 0.05) is 18.0 Å². The highest BCUT2D eigenvalue weighted by Gasteiger charge is 2.29. The summed E-state index contributed by atoms with van der Waals surface area (Å²) in [5.74, 6) is -1.38. The summed E-state index contributed by atoms with van der Waals surface area (Å²) in [6.45, 7) is 5.90. The van der Waals surface area contributed by atoms with Crippen molar-refractivity contribution in [3.63, 3.8) is 0 Å². The van der Waals surface area contributed by atoms with Gasteiger partial charge in [0.1, 0.15) is 15.5 Å². The van der Waals surface area contributed by atoms with E-state index in [0.717, 1.165) is 59.0 Å². The minimum atomic E-state index is -1.15. The Morgan fingerprint density at radius 3 is 2.69 bits per heavy atom. The van der Waals surface area contributed by atoms with Crippen LogP contribution >= 0.6 is 34.0 Å². The van der Waals surface area contributed by atoms with Crippen LogP contribution in [0.15, 0.2) is 10.9 Å². The number of aromatic amines is 1. The molecule has 1 aliphatic rings. The van der Waals surface area contributed by atoms with Crippen molar-refractivity contribution in [1.29, 1.82) is 5.26 Å². The lowest BCUT2D eigenvalue weighted by Crippen LogP contribution is -2.21. The van der Waals surface area contributed by atoms with Crippen LogP contribution in [-0.2, 0) is 12.8 Å². The van der Waals surface area contributed by atoms with Crippen LogP contribution in [0.25, 0.3) is 19.7 Å². The number of carbonyl (C=O) groups is 1. The molecule has 7 nitrogen and oxygen atoms in total. The number of rotatable bonds is 6. The van der Waals surface area contributed by atoms with Crippen molar-refractivity contribution < 1.29 is 4.79 Å². The van der Waals surface area contributed by atoms with Crippen LogP contribution in [0, 0.1) is 11.3 Å². The van der Waals surface area contributed by atoms with Crippen molar-refractivity contribution in [2.24, 2.45) is 0 Å². The van der Waals surface area contributed by atoms with Crippen LogP contribution in [0.5, 0.6) is 0 Å². The molecule has 0 saturated heterocycles. The van der Waals surface area contributed by atoms with Crippen molar-refractivity contribution >= 4 is 64.7 Å². The molecule has 0 spiro atoms. The van der Waals surface area contributed by atoms with Crippen molar-refractivity contribution in [2.45, 2.75) is 45.4 Å². The molecular formula is C22H21N5O2S3. The van der Waals surface area contributed by atoms with E-state index in [-0.39, 0.29) is 17.2 Å². The van der Waals surface area contributed by atoms with Crippen molar-refractivity contribution in [2.75, 3.05) is 18.0 Å². The van der Waals surface area contributed by atoms with Gasteiger partial charge in [-0.2, -0.15) is 5.26 Å². The van der Waals surface area contributed by atoms with Crippen LogP contribution in [0.4, 0.5) is 5.13 Å². The fourth-order valence-corrected chi connectivity index (χ4v) is 7.76. The SMILES string of the molecule is CCN(CC)c1nc2sc(C(=O)[C@@H](C#N)c3nc4sc5c(c4c(=O)[nH]3)CCCC5)cc2s1. The average molecular weight is 484 g/mol. The maximum absolute atomic E-state index is 13.2. The van der Waals surface area contributed by atoms with E-state index in [1.807, 2.05) is 0 Å². The maximum Gasteiger partial charge on any atom is 0.259 e. The molecule has 0 saturated carbocycles. The number of H-pyrrole nitrogens is 1. The van der Waals surface area contributed by atoms with Crippen LogP contribution in [0.2, 0.25) is 0 Å². The molecule has 164 valence electrons. The number of thiophene rings is 2. The Morgan fingerprint density at radius 2 is 1.97 bits per heavy atom. The number of Topliss-reactive ketones (excluding diaryl/α,β-unsaturated/α-hetero) is 1. The first-order valence-electron chi connectivity index (χ1n) is 10.7. The monoisotopic (exact) mass is 483 g/mol. The van der Waals surface area contributed by atoms with Crippen molar-refractivity contribution in [3.8, 4) is 6.07 Å². The van der Waals surface area contributed by atoms with Gasteiger partial charge >= 0.3 is 0 Å². The summed E-state index contributed by atoms with van der Waals surface area (Å²) in [6, 6.07) is 3.86. The number of nitrogens with zero attached hydrogens (tertiary/aromatic N) is 4. The second kappa shape index (κ2) is 8.39. The highest BCUT2D eigenvalue weighted by Crippen LogP contribution is 2.37. The van der Waals surface area contributed by atoms with Gasteiger partial charge in [-0.1, -0.05) is 11.3 Å². The first kappa shape index (κ1) is 21.2. The number of anilines is 1. The summed E-state index contributed by atoms with van der Waals surface area (Å²) in [6.07, 6.45) is 4.02. The van der Waals surface area contributed by atoms with Gasteiger partial charge in [-0.3, -0.25) is 9.59 Å². The quantitative estimate of drug-likeness (QED) is 0.393. The summed E-state index contributed by atoms with van der Waals surface area (Å²) >= 11 is 4.35. The minimum Gasteiger partial charge on any atom is -0.349 e. The molecule has 4 aromatic rings. The van der Waals surface area contributed by atoms with Crippen molar-refractivity contribution in [3.05, 3.63) is 37.6 Å². The lowest BCUT2D eigenvalue weighted by Gasteiger charge is -2.16. The van der Waals surface area contributed by atoms with Crippen LogP contribution in [0.3, 0.4) is 0 Å². The fraction of sp³-hybridized carbons (Fsp3) is 0.409. The van der Waals surface area contributed by atoms with Gasteiger partial charge < -0.3 is 9.88 Å². The Hall–Kier alpha value is -2.61. The maximum atomic E-state index is 13.2. The van der Waals surface area contributed by atoms with Gasteiger partial charge in [-0.25, -0.2) is 9.97 Å². The number of carbonyl (C=O) groups excluding carboxylic acids is 1. The summed E-state index contributed by atoms with van der Waals surface area (Å²) in [5.41, 5.74) is 0.833. The summed E-state index contributed by atoms with van der Waals surface area (Å²) < 4.78 is 0.930. The molecule has 0 bridgehead atoms. The topological polar surface area (TPSA) is 103 Å². The Kier molecular flexibility index (Phi) is 5.57. The van der Waals surface area contributed by atoms with Gasteiger partial charge in [-0.05, 0) is 51.2 Å². The number of ketones is 1. The Bertz CT molecular complexity index is 1400. The van der Waals surface area contributed by atoms with Gasteiger partial charge in [0.25, 0.3) is 5.56 Å². The summed E-state index contributed by atoms with van der Waals surface area (Å²) in [4.78, 5) is 43.3. The lowest BCUT2D eigenvalue weighted by molar-refractivity contribution is 0.0980. The van der Waals surface area contributed by atoms with E-state index in [9.17, 15) is 14.9 Å². The van der Waals surface area contributed by atoms with E-state index < -0.39 is 5.92 Å². The Labute approximate surface area is 196 Å². The van der Waals surface area contributed by atoms with Gasteiger partial charge in [-0.15, -0.1) is 22.7 Å². The second-order valence-corrected chi connectivity index (χ2v) is 10.8. The molecule has 0 aromatic carbocycles. The molecule has 32 heavy (non-hydrogen) atoms. The highest BCUT2D eigenvalue weighted by atomic mass is 32.1. The number of thiazole rings is 1. The number of nitrogens with one attached hydrogen (secondary N) is 1. The summed E-state index contributed by atoms with van der Waals surface area (Å²) in [7, 11) is 0. The number of fused-ring (bicyclic) bond motifs is 4. The molecule has 0 aliphatic heterocycles. The zero-order chi connectivity index (χ0) is 22.4. The van der Waals surface area contributed by atoms with E-state index in [0.29, 0.717) is 15.1 Å². The lowest BCUT2D eigenvalue weighted by atomic mass is 9.97. The van der Waals surface area contributed by atoms with Crippen LogP contribution in [-0.4, -0.2) is 33.8 Å². The van der Waals surface area contributed by atoms with Gasteiger partial charge in [0.15, 0.2) is 16.8 Å². The first-order chi connectivity index (χ1) is 15.5. The Morgan fingerprint density at radius 1 is 1.19 bits per heavy atom. The number of aromatic nitrogens is 3. The molecule has 0 unspecified atom stereocenters. The van der Waals surface area contributed by atoms with Crippen LogP contribution < -0.4 is 10.5 Å². The zero-order valence-electron chi connectivity index (χ0n) is 17.7. The third-order valence-electron chi connectivity index (χ3n) is 5.86. The third kappa shape index (κ3) is 3.45. The van der Waals surface area contributed by atoms with Crippen LogP contribution in [0.1, 0.15) is 58.5 Å². The summed E-state index contributed by atoms with van der Waals surface area (Å²) in [5, 5.41) is 11.4. The molecule has 10 heteroatoms. The number of aryl methyl sites for hydroxylation is 2. The van der Waals surface area contributed by atoms with E-state index >= 15 is 0 Å². The molecule has 0 amide bonds. The molecular weight excluding hydrogens is 462 g/mol. The van der Waals surface area contributed by atoms with Gasteiger partial charge in [0.2, 0.25) is 0 Å². The molecule has 4 aromatic heterocycles. The van der Waals surface area contributed by atoms with Crippen molar-refractivity contribution in [1.82, 2.24) is 15.0 Å². The number of hydrogen-bond donors (Lipinski definition) is 1. The molecule has 1 N–H and O–H groups in total. The van der Waals surface area contributed by atoms with E-state index in [4.69, 9.17) is 0 Å². The second-order valence-electron chi connectivity index (χ2n) is 7.72. The molecule has 0 fully saturated rings. The Balaban J connectivity index is 1.50. The molecule has 0 radical (unpaired) electrons. The molecule has 1 atom stereocenters. The standard InChI is InChI=1S/C22H21N5O2S3/c1-3-27(4-2)22-26-20-15(32-22)9-14(31-20)17(28)12(10-23)18-24-19(29)16-11-7-5-6-8-13(11)30-21(16)25-18/h9,12H,3-8H2,1-2H3,(H,24,25,29)/t12-/m1/s1. The van der Waals surface area contributed by atoms with E-state index in [1.165, 1.54) is 27.6 Å². The van der Waals surface area contributed by atoms with E-state index in [1.54, 1.807) is 17.4 Å². The van der Waals surface area contributed by atoms with Gasteiger partial charge in [0.05, 0.1) is 21.0 Å². The zero-order valence-corrected chi connectivity index (χ0v) is 20.2. The predicted octanol–water partition coefficient (Wildman–Crippen LogP) is 4.87.